The Bertz CT molecular complexity index is 1090. The number of methoxy groups -OCH3 is 1. The molecule has 4 nitrogen and oxygen atoms in total. The summed E-state index contributed by atoms with van der Waals surface area (Å²) in [5, 5.41) is 3.77. The number of hydrogen-bond acceptors (Lipinski definition) is 3. The van der Waals surface area contributed by atoms with E-state index in [1.54, 1.807) is 19.2 Å². The third-order valence-corrected chi connectivity index (χ3v) is 5.87. The van der Waals surface area contributed by atoms with Crippen molar-refractivity contribution in [3.05, 3.63) is 93.5 Å². The van der Waals surface area contributed by atoms with Crippen LogP contribution < -0.4 is 14.8 Å². The van der Waals surface area contributed by atoms with E-state index >= 15 is 0 Å². The molecule has 5 heteroatoms. The summed E-state index contributed by atoms with van der Waals surface area (Å²) >= 11 is 6.20. The molecule has 32 heavy (non-hydrogen) atoms. The molecular weight excluding hydrogens is 422 g/mol. The molecule has 3 aromatic carbocycles. The minimum absolute atomic E-state index is 0.151. The Labute approximate surface area is 195 Å². The van der Waals surface area contributed by atoms with Gasteiger partial charge in [-0.2, -0.15) is 0 Å². The molecule has 3 rings (SSSR count). The molecule has 0 bridgehead atoms. The van der Waals surface area contributed by atoms with Gasteiger partial charge in [0.1, 0.15) is 18.1 Å². The van der Waals surface area contributed by atoms with E-state index in [0.717, 1.165) is 28.0 Å². The van der Waals surface area contributed by atoms with Gasteiger partial charge in [0.05, 0.1) is 13.2 Å². The first-order valence-corrected chi connectivity index (χ1v) is 11.1. The molecule has 0 saturated carbocycles. The SMILES string of the molecule is COc1cc(C)c([C@@H](C)NC(=O)c2cccc(OCc3ccccc3Cl)c2)cc1C(C)C. The monoisotopic (exact) mass is 451 g/mol. The molecule has 0 aliphatic carbocycles. The number of ether oxygens (including phenoxy) is 2. The van der Waals surface area contributed by atoms with Crippen LogP contribution >= 0.6 is 11.6 Å². The normalized spacial score (nSPS) is 11.8. The van der Waals surface area contributed by atoms with Gasteiger partial charge in [0.25, 0.3) is 5.91 Å². The summed E-state index contributed by atoms with van der Waals surface area (Å²) in [4.78, 5) is 12.9. The van der Waals surface area contributed by atoms with Crippen LogP contribution in [-0.4, -0.2) is 13.0 Å². The van der Waals surface area contributed by atoms with Crippen molar-refractivity contribution in [2.24, 2.45) is 0 Å². The van der Waals surface area contributed by atoms with Crippen LogP contribution in [-0.2, 0) is 6.61 Å². The molecule has 1 atom stereocenters. The van der Waals surface area contributed by atoms with E-state index in [1.165, 1.54) is 0 Å². The Hall–Kier alpha value is -2.98. The van der Waals surface area contributed by atoms with Crippen molar-refractivity contribution in [3.63, 3.8) is 0 Å². The van der Waals surface area contributed by atoms with Gasteiger partial charge in [0.15, 0.2) is 0 Å². The van der Waals surface area contributed by atoms with E-state index in [9.17, 15) is 4.79 Å². The van der Waals surface area contributed by atoms with Gasteiger partial charge in [-0.15, -0.1) is 0 Å². The minimum atomic E-state index is -0.154. The first-order chi connectivity index (χ1) is 15.3. The molecule has 3 aromatic rings. The van der Waals surface area contributed by atoms with Crippen molar-refractivity contribution in [2.45, 2.75) is 46.3 Å². The maximum absolute atomic E-state index is 12.9. The average Bonchev–Trinajstić information content (AvgIpc) is 2.78. The highest BCUT2D eigenvalue weighted by atomic mass is 35.5. The van der Waals surface area contributed by atoms with Crippen molar-refractivity contribution >= 4 is 17.5 Å². The fraction of sp³-hybridized carbons (Fsp3) is 0.296. The summed E-state index contributed by atoms with van der Waals surface area (Å²) in [6.45, 7) is 8.63. The van der Waals surface area contributed by atoms with Gasteiger partial charge in [-0.3, -0.25) is 4.79 Å². The third-order valence-electron chi connectivity index (χ3n) is 5.50. The Morgan fingerprint density at radius 2 is 1.75 bits per heavy atom. The van der Waals surface area contributed by atoms with Gasteiger partial charge in [-0.25, -0.2) is 0 Å². The van der Waals surface area contributed by atoms with Crippen molar-refractivity contribution < 1.29 is 14.3 Å². The first kappa shape index (κ1) is 23.7. The van der Waals surface area contributed by atoms with Crippen LogP contribution in [0.4, 0.5) is 0 Å². The molecule has 0 radical (unpaired) electrons. The molecular formula is C27H30ClNO3. The van der Waals surface area contributed by atoms with Crippen LogP contribution in [0.2, 0.25) is 5.02 Å². The molecule has 168 valence electrons. The van der Waals surface area contributed by atoms with Gasteiger partial charge in [0.2, 0.25) is 0 Å². The fourth-order valence-corrected chi connectivity index (χ4v) is 3.86. The van der Waals surface area contributed by atoms with Crippen LogP contribution in [0.15, 0.2) is 60.7 Å². The summed E-state index contributed by atoms with van der Waals surface area (Å²) in [5.41, 5.74) is 4.73. The Kier molecular flexibility index (Phi) is 7.81. The molecule has 0 heterocycles. The Morgan fingerprint density at radius 3 is 2.44 bits per heavy atom. The van der Waals surface area contributed by atoms with Crippen molar-refractivity contribution in [1.82, 2.24) is 5.32 Å². The lowest BCUT2D eigenvalue weighted by atomic mass is 9.93. The maximum Gasteiger partial charge on any atom is 0.251 e. The lowest BCUT2D eigenvalue weighted by Gasteiger charge is -2.21. The number of aryl methyl sites for hydroxylation is 1. The predicted octanol–water partition coefficient (Wildman–Crippen LogP) is 6.85. The first-order valence-electron chi connectivity index (χ1n) is 10.8. The van der Waals surface area contributed by atoms with Crippen molar-refractivity contribution in [1.29, 1.82) is 0 Å². The molecule has 0 aliphatic heterocycles. The van der Waals surface area contributed by atoms with Crippen molar-refractivity contribution in [3.8, 4) is 11.5 Å². The zero-order valence-electron chi connectivity index (χ0n) is 19.2. The molecule has 0 aromatic heterocycles. The highest BCUT2D eigenvalue weighted by Gasteiger charge is 2.18. The Morgan fingerprint density at radius 1 is 1.00 bits per heavy atom. The summed E-state index contributed by atoms with van der Waals surface area (Å²) < 4.78 is 11.4. The molecule has 0 saturated heterocycles. The highest BCUT2D eigenvalue weighted by Crippen LogP contribution is 2.32. The summed E-state index contributed by atoms with van der Waals surface area (Å²) in [6, 6.07) is 18.7. The largest absolute Gasteiger partial charge is 0.496 e. The van der Waals surface area contributed by atoms with Gasteiger partial charge in [-0.1, -0.05) is 49.7 Å². The zero-order valence-corrected chi connectivity index (χ0v) is 20.0. The number of benzene rings is 3. The fourth-order valence-electron chi connectivity index (χ4n) is 3.67. The summed E-state index contributed by atoms with van der Waals surface area (Å²) in [6.07, 6.45) is 0. The number of halogens is 1. The number of amides is 1. The molecule has 0 fully saturated rings. The molecule has 0 aliphatic rings. The number of nitrogens with one attached hydrogen (secondary N) is 1. The lowest BCUT2D eigenvalue weighted by Crippen LogP contribution is -2.27. The van der Waals surface area contributed by atoms with Crippen LogP contribution in [0.1, 0.15) is 65.3 Å². The summed E-state index contributed by atoms with van der Waals surface area (Å²) in [5.74, 6) is 1.66. The number of rotatable bonds is 8. The van der Waals surface area contributed by atoms with E-state index in [-0.39, 0.29) is 11.9 Å². The highest BCUT2D eigenvalue weighted by molar-refractivity contribution is 6.31. The van der Waals surface area contributed by atoms with Crippen LogP contribution in [0.25, 0.3) is 0 Å². The van der Waals surface area contributed by atoms with E-state index in [1.807, 2.05) is 56.3 Å². The van der Waals surface area contributed by atoms with E-state index < -0.39 is 0 Å². The van der Waals surface area contributed by atoms with E-state index in [2.05, 4.69) is 25.2 Å². The Balaban J connectivity index is 1.73. The second-order valence-corrected chi connectivity index (χ2v) is 8.62. The number of carbonyl (C=O) groups excluding carboxylic acids is 1. The minimum Gasteiger partial charge on any atom is -0.496 e. The predicted molar refractivity (Wildman–Crippen MR) is 130 cm³/mol. The second-order valence-electron chi connectivity index (χ2n) is 8.21. The van der Waals surface area contributed by atoms with Crippen molar-refractivity contribution in [2.75, 3.05) is 7.11 Å². The van der Waals surface area contributed by atoms with E-state index in [0.29, 0.717) is 28.9 Å². The van der Waals surface area contributed by atoms with Crippen LogP contribution in [0, 0.1) is 6.92 Å². The average molecular weight is 452 g/mol. The van der Waals surface area contributed by atoms with Gasteiger partial charge >= 0.3 is 0 Å². The maximum atomic E-state index is 12.9. The summed E-state index contributed by atoms with van der Waals surface area (Å²) in [7, 11) is 1.69. The second kappa shape index (κ2) is 10.6. The van der Waals surface area contributed by atoms with Crippen LogP contribution in [0.5, 0.6) is 11.5 Å². The lowest BCUT2D eigenvalue weighted by molar-refractivity contribution is 0.0939. The quantitative estimate of drug-likeness (QED) is 0.407. The van der Waals surface area contributed by atoms with Gasteiger partial charge < -0.3 is 14.8 Å². The molecule has 0 spiro atoms. The third kappa shape index (κ3) is 5.63. The molecule has 0 unspecified atom stereocenters. The number of hydrogen-bond donors (Lipinski definition) is 1. The smallest absolute Gasteiger partial charge is 0.251 e. The van der Waals surface area contributed by atoms with Gasteiger partial charge in [-0.05, 0) is 72.9 Å². The van der Waals surface area contributed by atoms with Crippen LogP contribution in [0.3, 0.4) is 0 Å². The number of carbonyl (C=O) groups is 1. The molecule has 1 amide bonds. The molecule has 1 N–H and O–H groups in total. The van der Waals surface area contributed by atoms with E-state index in [4.69, 9.17) is 21.1 Å². The zero-order chi connectivity index (χ0) is 23.3. The topological polar surface area (TPSA) is 47.6 Å². The van der Waals surface area contributed by atoms with Gasteiger partial charge in [0, 0.05) is 16.1 Å². The standard InChI is InChI=1S/C27H30ClNO3/c1-17(2)23-15-24(18(3)13-26(23)31-5)19(4)29-27(30)20-10-8-11-22(14-20)32-16-21-9-6-7-12-25(21)28/h6-15,17,19H,16H2,1-5H3,(H,29,30)/t19-/m1/s1.